The number of nitrogens with one attached hydrogen (secondary N) is 1. The van der Waals surface area contributed by atoms with Crippen LogP contribution in [-0.2, 0) is 23.4 Å². The van der Waals surface area contributed by atoms with Crippen LogP contribution in [0.4, 0.5) is 8.78 Å². The molecule has 0 radical (unpaired) electrons. The molecule has 0 amide bonds. The molecule has 218 valence electrons. The first-order valence-electron chi connectivity index (χ1n) is 13.2. The quantitative estimate of drug-likeness (QED) is 0.278. The largest absolute Gasteiger partial charge is 0.454 e. The maximum absolute atomic E-state index is 14.5. The van der Waals surface area contributed by atoms with Gasteiger partial charge in [-0.05, 0) is 62.7 Å². The molecule has 1 fully saturated rings. The highest BCUT2D eigenvalue weighted by Crippen LogP contribution is 2.39. The Morgan fingerprint density at radius 2 is 1.90 bits per heavy atom. The normalized spacial score (nSPS) is 16.0. The van der Waals surface area contributed by atoms with E-state index in [2.05, 4.69) is 20.0 Å². The fraction of sp³-hybridized carbons (Fsp3) is 0.276. The lowest BCUT2D eigenvalue weighted by atomic mass is 10.0. The van der Waals surface area contributed by atoms with Gasteiger partial charge < -0.3 is 18.8 Å². The number of aryl methyl sites for hydroxylation is 2. The first kappa shape index (κ1) is 27.8. The average Bonchev–Trinajstić information content (AvgIpc) is 3.68. The molecule has 4 heterocycles. The fourth-order valence-corrected chi connectivity index (χ4v) is 6.01. The number of hydrogen-bond acceptors (Lipinski definition) is 8. The van der Waals surface area contributed by atoms with E-state index < -0.39 is 21.5 Å². The number of ether oxygens (including phenoxy) is 1. The molecule has 1 atom stereocenters. The van der Waals surface area contributed by atoms with Gasteiger partial charge in [0, 0.05) is 54.3 Å². The van der Waals surface area contributed by atoms with E-state index in [-0.39, 0.29) is 28.0 Å². The Kier molecular flexibility index (Phi) is 6.93. The van der Waals surface area contributed by atoms with Crippen LogP contribution < -0.4 is 10.3 Å². The SMILES string of the molecule is Cc1noc(C2CCCN2Cc2cc3c(-c4cc(S(C)(=O)=O)ccc4Oc4ccc(F)cc4F)cn(C)c(=O)c3[nH]2)n1. The average molecular weight is 596 g/mol. The van der Waals surface area contributed by atoms with Crippen molar-refractivity contribution >= 4 is 20.7 Å². The van der Waals surface area contributed by atoms with Crippen LogP contribution in [0.1, 0.15) is 36.3 Å². The minimum absolute atomic E-state index is 0.0111. The highest BCUT2D eigenvalue weighted by molar-refractivity contribution is 7.90. The van der Waals surface area contributed by atoms with Crippen molar-refractivity contribution in [3.8, 4) is 22.6 Å². The first-order valence-corrected chi connectivity index (χ1v) is 15.1. The van der Waals surface area contributed by atoms with Gasteiger partial charge in [0.25, 0.3) is 5.56 Å². The Morgan fingerprint density at radius 3 is 2.62 bits per heavy atom. The number of benzene rings is 2. The zero-order valence-electron chi connectivity index (χ0n) is 23.0. The number of sulfone groups is 1. The predicted molar refractivity (Wildman–Crippen MR) is 150 cm³/mol. The fourth-order valence-electron chi connectivity index (χ4n) is 5.37. The van der Waals surface area contributed by atoms with Crippen molar-refractivity contribution in [2.75, 3.05) is 12.8 Å². The number of rotatable bonds is 7. The summed E-state index contributed by atoms with van der Waals surface area (Å²) in [7, 11) is -2.05. The number of likely N-dealkylation sites (tertiary alicyclic amines) is 1. The van der Waals surface area contributed by atoms with Crippen molar-refractivity contribution < 1.29 is 26.5 Å². The second kappa shape index (κ2) is 10.5. The third-order valence-corrected chi connectivity index (χ3v) is 8.48. The summed E-state index contributed by atoms with van der Waals surface area (Å²) in [5, 5.41) is 4.45. The second-order valence-electron chi connectivity index (χ2n) is 10.5. The third-order valence-electron chi connectivity index (χ3n) is 7.37. The number of halogens is 2. The minimum atomic E-state index is -3.63. The summed E-state index contributed by atoms with van der Waals surface area (Å²) in [5.41, 5.74) is 1.59. The van der Waals surface area contributed by atoms with Crippen LogP contribution in [0.5, 0.6) is 11.5 Å². The molecule has 5 aromatic rings. The smallest absolute Gasteiger partial charge is 0.274 e. The molecule has 42 heavy (non-hydrogen) atoms. The van der Waals surface area contributed by atoms with Gasteiger partial charge in [-0.25, -0.2) is 17.2 Å². The van der Waals surface area contributed by atoms with Crippen LogP contribution in [0, 0.1) is 18.6 Å². The molecule has 6 rings (SSSR count). The molecule has 1 aliphatic rings. The van der Waals surface area contributed by atoms with Gasteiger partial charge in [-0.2, -0.15) is 4.98 Å². The van der Waals surface area contributed by atoms with E-state index in [0.29, 0.717) is 46.4 Å². The Hall–Kier alpha value is -4.36. The van der Waals surface area contributed by atoms with Crippen LogP contribution in [0.3, 0.4) is 0 Å². The molecule has 0 spiro atoms. The van der Waals surface area contributed by atoms with Gasteiger partial charge in [-0.3, -0.25) is 9.69 Å². The van der Waals surface area contributed by atoms with E-state index in [0.717, 1.165) is 43.5 Å². The molecule has 1 unspecified atom stereocenters. The number of aromatic amines is 1. The van der Waals surface area contributed by atoms with Gasteiger partial charge in [0.2, 0.25) is 5.89 Å². The molecule has 1 saturated heterocycles. The summed E-state index contributed by atoms with van der Waals surface area (Å²) in [4.78, 5) is 23.0. The molecule has 0 aliphatic carbocycles. The predicted octanol–water partition coefficient (Wildman–Crippen LogP) is 5.04. The Morgan fingerprint density at radius 1 is 1.12 bits per heavy atom. The lowest BCUT2D eigenvalue weighted by molar-refractivity contribution is 0.199. The van der Waals surface area contributed by atoms with Gasteiger partial charge >= 0.3 is 0 Å². The monoisotopic (exact) mass is 595 g/mol. The second-order valence-corrected chi connectivity index (χ2v) is 12.5. The van der Waals surface area contributed by atoms with Crippen molar-refractivity contribution in [3.63, 3.8) is 0 Å². The third kappa shape index (κ3) is 5.21. The van der Waals surface area contributed by atoms with Gasteiger partial charge in [-0.15, -0.1) is 0 Å². The first-order chi connectivity index (χ1) is 20.0. The molecular weight excluding hydrogens is 568 g/mol. The Balaban J connectivity index is 1.46. The van der Waals surface area contributed by atoms with Crippen LogP contribution in [-0.4, -0.2) is 45.8 Å². The summed E-state index contributed by atoms with van der Waals surface area (Å²) in [6, 6.07) is 8.89. The van der Waals surface area contributed by atoms with Crippen LogP contribution in [0.25, 0.3) is 22.0 Å². The minimum Gasteiger partial charge on any atom is -0.454 e. The zero-order chi connectivity index (χ0) is 29.8. The van der Waals surface area contributed by atoms with Crippen LogP contribution in [0.15, 0.2) is 62.9 Å². The van der Waals surface area contributed by atoms with E-state index in [9.17, 15) is 22.0 Å². The summed E-state index contributed by atoms with van der Waals surface area (Å²) in [5.74, 6) is -0.685. The van der Waals surface area contributed by atoms with E-state index in [1.807, 2.05) is 6.07 Å². The van der Waals surface area contributed by atoms with E-state index in [4.69, 9.17) is 9.26 Å². The maximum atomic E-state index is 14.5. The molecule has 0 bridgehead atoms. The van der Waals surface area contributed by atoms with Gasteiger partial charge in [-0.1, -0.05) is 5.16 Å². The molecule has 2 aromatic carbocycles. The van der Waals surface area contributed by atoms with Crippen LogP contribution >= 0.6 is 0 Å². The number of aromatic nitrogens is 4. The van der Waals surface area contributed by atoms with Crippen molar-refractivity contribution in [2.45, 2.75) is 37.2 Å². The van der Waals surface area contributed by atoms with E-state index >= 15 is 0 Å². The highest BCUT2D eigenvalue weighted by atomic mass is 32.2. The molecule has 1 N–H and O–H groups in total. The number of hydrogen-bond donors (Lipinski definition) is 1. The van der Waals surface area contributed by atoms with Gasteiger partial charge in [0.1, 0.15) is 17.1 Å². The topological polar surface area (TPSA) is 123 Å². The van der Waals surface area contributed by atoms with Crippen molar-refractivity contribution in [1.82, 2.24) is 24.6 Å². The summed E-state index contributed by atoms with van der Waals surface area (Å²) in [6.45, 7) is 3.03. The molecule has 13 heteroatoms. The molecule has 1 aliphatic heterocycles. The maximum Gasteiger partial charge on any atom is 0.274 e. The summed E-state index contributed by atoms with van der Waals surface area (Å²) >= 11 is 0. The summed E-state index contributed by atoms with van der Waals surface area (Å²) < 4.78 is 65.7. The summed E-state index contributed by atoms with van der Waals surface area (Å²) in [6.07, 6.45) is 4.46. The van der Waals surface area contributed by atoms with Gasteiger partial charge in [0.15, 0.2) is 27.2 Å². The van der Waals surface area contributed by atoms with E-state index in [1.54, 1.807) is 20.2 Å². The highest BCUT2D eigenvalue weighted by Gasteiger charge is 2.31. The van der Waals surface area contributed by atoms with Gasteiger partial charge in [0.05, 0.1) is 10.9 Å². The Labute approximate surface area is 239 Å². The molecule has 10 nitrogen and oxygen atoms in total. The van der Waals surface area contributed by atoms with Crippen LogP contribution in [0.2, 0.25) is 0 Å². The number of pyridine rings is 1. The molecule has 3 aromatic heterocycles. The molecule has 0 saturated carbocycles. The molecular formula is C29H27F2N5O5S. The van der Waals surface area contributed by atoms with Crippen molar-refractivity contribution in [1.29, 1.82) is 0 Å². The number of fused-ring (bicyclic) bond motifs is 1. The lowest BCUT2D eigenvalue weighted by Crippen LogP contribution is -2.23. The van der Waals surface area contributed by atoms with Crippen molar-refractivity contribution in [3.05, 3.63) is 88.1 Å². The lowest BCUT2D eigenvalue weighted by Gasteiger charge is -2.20. The number of H-pyrrole nitrogens is 1. The van der Waals surface area contributed by atoms with E-state index in [1.165, 1.54) is 22.8 Å². The Bertz CT molecular complexity index is 2000. The zero-order valence-corrected chi connectivity index (χ0v) is 23.8. The number of nitrogens with zero attached hydrogens (tertiary/aromatic N) is 4. The standard InChI is InChI=1S/C29H27F2N5O5S/c1-16-32-28(41-34-16)24-5-4-10-36(24)14-18-12-21-22(15-35(2)29(37)27(21)33-18)20-13-19(42(3,38)39)7-9-25(20)40-26-8-6-17(30)11-23(26)31/h6-9,11-13,15,24,33H,4-5,10,14H2,1-3H3. The van der Waals surface area contributed by atoms with Crippen molar-refractivity contribution in [2.24, 2.45) is 7.05 Å².